The maximum atomic E-state index is 11.9. The zero-order chi connectivity index (χ0) is 14.9. The Morgan fingerprint density at radius 3 is 2.90 bits per heavy atom. The van der Waals surface area contributed by atoms with Gasteiger partial charge in [-0.05, 0) is 31.9 Å². The van der Waals surface area contributed by atoms with Gasteiger partial charge in [-0.1, -0.05) is 12.8 Å². The molecule has 1 saturated carbocycles. The Kier molecular flexibility index (Phi) is 5.99. The third-order valence-corrected chi connectivity index (χ3v) is 3.37. The molecule has 1 heterocycles. The number of pyridine rings is 1. The molecule has 0 unspecified atom stereocenters. The van der Waals surface area contributed by atoms with Gasteiger partial charge in [0.25, 0.3) is 0 Å². The number of carbonyl (C=O) groups excluding carboxylic acids is 1. The summed E-state index contributed by atoms with van der Waals surface area (Å²) in [5.74, 6) is 0.567. The summed E-state index contributed by atoms with van der Waals surface area (Å²) < 4.78 is 0. The van der Waals surface area contributed by atoms with Gasteiger partial charge >= 0.3 is 0 Å². The Morgan fingerprint density at radius 2 is 2.24 bits per heavy atom. The first kappa shape index (κ1) is 15.3. The molecule has 1 aliphatic rings. The molecule has 3 N–H and O–H groups in total. The van der Waals surface area contributed by atoms with E-state index in [0.29, 0.717) is 17.7 Å². The van der Waals surface area contributed by atoms with Gasteiger partial charge in [-0.15, -0.1) is 0 Å². The molecule has 6 nitrogen and oxygen atoms in total. The Morgan fingerprint density at radius 1 is 1.43 bits per heavy atom. The maximum absolute atomic E-state index is 11.9. The van der Waals surface area contributed by atoms with Crippen molar-refractivity contribution in [3.63, 3.8) is 0 Å². The lowest BCUT2D eigenvalue weighted by atomic mass is 10.2. The summed E-state index contributed by atoms with van der Waals surface area (Å²) in [4.78, 5) is 20.1. The van der Waals surface area contributed by atoms with Crippen molar-refractivity contribution in [2.45, 2.75) is 38.6 Å². The van der Waals surface area contributed by atoms with Crippen molar-refractivity contribution >= 4 is 17.6 Å². The van der Waals surface area contributed by atoms with E-state index >= 15 is 0 Å². The van der Waals surface area contributed by atoms with Crippen LogP contribution >= 0.6 is 0 Å². The molecule has 0 aromatic carbocycles. The molecule has 2 rings (SSSR count). The average molecular weight is 289 g/mol. The molecule has 0 atom stereocenters. The van der Waals surface area contributed by atoms with E-state index in [2.05, 4.69) is 25.9 Å². The summed E-state index contributed by atoms with van der Waals surface area (Å²) in [6.45, 7) is 2.89. The van der Waals surface area contributed by atoms with E-state index in [1.165, 1.54) is 25.7 Å². The van der Waals surface area contributed by atoms with E-state index in [0.717, 1.165) is 6.54 Å². The first-order valence-electron chi connectivity index (χ1n) is 7.52. The molecule has 1 aliphatic carbocycles. The average Bonchev–Trinajstić information content (AvgIpc) is 2.99. The maximum Gasteiger partial charge on any atom is 0.246 e. The standard InChI is InChI=1S/C15H23N5O/c1-2-17-15(20-12-6-3-4-7-12)18-11-14(21)19-13-8-5-9-16-10-13/h5,8-10,12H,2-4,6-7,11H2,1H3,(H,19,21)(H2,17,18,20). The topological polar surface area (TPSA) is 78.4 Å². The Hall–Kier alpha value is -2.11. The van der Waals surface area contributed by atoms with Crippen molar-refractivity contribution < 1.29 is 4.79 Å². The SMILES string of the molecule is CCNC(=NCC(=O)Nc1cccnc1)NC1CCCC1. The van der Waals surface area contributed by atoms with Crippen molar-refractivity contribution in [3.05, 3.63) is 24.5 Å². The number of aromatic nitrogens is 1. The molecule has 0 spiro atoms. The number of anilines is 1. The van der Waals surface area contributed by atoms with E-state index in [4.69, 9.17) is 0 Å². The molecule has 1 aromatic heterocycles. The van der Waals surface area contributed by atoms with Crippen molar-refractivity contribution in [2.24, 2.45) is 4.99 Å². The molecule has 114 valence electrons. The lowest BCUT2D eigenvalue weighted by Gasteiger charge is -2.16. The Bertz CT molecular complexity index is 468. The third kappa shape index (κ3) is 5.41. The number of guanidine groups is 1. The first-order valence-corrected chi connectivity index (χ1v) is 7.52. The summed E-state index contributed by atoms with van der Waals surface area (Å²) >= 11 is 0. The monoisotopic (exact) mass is 289 g/mol. The van der Waals surface area contributed by atoms with Gasteiger partial charge in [0.15, 0.2) is 5.96 Å². The second-order valence-electron chi connectivity index (χ2n) is 5.11. The van der Waals surface area contributed by atoms with Crippen LogP contribution in [0.1, 0.15) is 32.6 Å². The zero-order valence-electron chi connectivity index (χ0n) is 12.4. The van der Waals surface area contributed by atoms with Gasteiger partial charge in [-0.25, -0.2) is 4.99 Å². The highest BCUT2D eigenvalue weighted by atomic mass is 16.1. The zero-order valence-corrected chi connectivity index (χ0v) is 12.4. The van der Waals surface area contributed by atoms with Crippen LogP contribution in [0.15, 0.2) is 29.5 Å². The van der Waals surface area contributed by atoms with Crippen LogP contribution in [0.3, 0.4) is 0 Å². The van der Waals surface area contributed by atoms with Crippen molar-refractivity contribution in [2.75, 3.05) is 18.4 Å². The number of amides is 1. The largest absolute Gasteiger partial charge is 0.357 e. The number of carbonyl (C=O) groups is 1. The fourth-order valence-electron chi connectivity index (χ4n) is 2.37. The number of hydrogen-bond acceptors (Lipinski definition) is 3. The van der Waals surface area contributed by atoms with Crippen LogP contribution in [0.25, 0.3) is 0 Å². The second kappa shape index (κ2) is 8.24. The Labute approximate surface area is 125 Å². The normalized spacial score (nSPS) is 15.8. The predicted octanol–water partition coefficient (Wildman–Crippen LogP) is 1.52. The molecule has 0 radical (unpaired) electrons. The number of aliphatic imine (C=N–C) groups is 1. The van der Waals surface area contributed by atoms with Crippen LogP contribution < -0.4 is 16.0 Å². The third-order valence-electron chi connectivity index (χ3n) is 3.37. The van der Waals surface area contributed by atoms with Crippen LogP contribution in [0.5, 0.6) is 0 Å². The molecule has 0 bridgehead atoms. The van der Waals surface area contributed by atoms with Crippen LogP contribution in [0.2, 0.25) is 0 Å². The fourth-order valence-corrected chi connectivity index (χ4v) is 2.37. The summed E-state index contributed by atoms with van der Waals surface area (Å²) in [5, 5.41) is 9.33. The van der Waals surface area contributed by atoms with Crippen molar-refractivity contribution in [1.82, 2.24) is 15.6 Å². The number of nitrogens with zero attached hydrogens (tertiary/aromatic N) is 2. The van der Waals surface area contributed by atoms with Crippen molar-refractivity contribution in [3.8, 4) is 0 Å². The molecule has 6 heteroatoms. The molecular formula is C15H23N5O. The lowest BCUT2D eigenvalue weighted by molar-refractivity contribution is -0.114. The highest BCUT2D eigenvalue weighted by molar-refractivity contribution is 5.93. The van der Waals surface area contributed by atoms with Crippen LogP contribution in [0.4, 0.5) is 5.69 Å². The van der Waals surface area contributed by atoms with Gasteiger partial charge in [-0.3, -0.25) is 9.78 Å². The predicted molar refractivity (Wildman–Crippen MR) is 84.2 cm³/mol. The molecule has 1 fully saturated rings. The smallest absolute Gasteiger partial charge is 0.246 e. The Balaban J connectivity index is 1.84. The van der Waals surface area contributed by atoms with Gasteiger partial charge in [-0.2, -0.15) is 0 Å². The number of nitrogens with one attached hydrogen (secondary N) is 3. The van der Waals surface area contributed by atoms with E-state index in [-0.39, 0.29) is 12.5 Å². The van der Waals surface area contributed by atoms with Gasteiger partial charge in [0.2, 0.25) is 5.91 Å². The quantitative estimate of drug-likeness (QED) is 0.567. The summed E-state index contributed by atoms with van der Waals surface area (Å²) in [6, 6.07) is 4.06. The highest BCUT2D eigenvalue weighted by Gasteiger charge is 2.15. The van der Waals surface area contributed by atoms with Crippen LogP contribution in [-0.2, 0) is 4.79 Å². The van der Waals surface area contributed by atoms with E-state index < -0.39 is 0 Å². The molecule has 21 heavy (non-hydrogen) atoms. The minimum Gasteiger partial charge on any atom is -0.357 e. The highest BCUT2D eigenvalue weighted by Crippen LogP contribution is 2.17. The number of hydrogen-bond donors (Lipinski definition) is 3. The van der Waals surface area contributed by atoms with E-state index in [1.54, 1.807) is 24.5 Å². The summed E-state index contributed by atoms with van der Waals surface area (Å²) in [6.07, 6.45) is 8.15. The minimum absolute atomic E-state index is 0.0942. The molecule has 1 aromatic rings. The van der Waals surface area contributed by atoms with Gasteiger partial charge in [0.1, 0.15) is 6.54 Å². The van der Waals surface area contributed by atoms with Gasteiger partial charge < -0.3 is 16.0 Å². The van der Waals surface area contributed by atoms with Gasteiger partial charge in [0, 0.05) is 18.8 Å². The van der Waals surface area contributed by atoms with Crippen LogP contribution in [0, 0.1) is 0 Å². The van der Waals surface area contributed by atoms with Crippen LogP contribution in [-0.4, -0.2) is 36.0 Å². The van der Waals surface area contributed by atoms with E-state index in [1.807, 2.05) is 6.92 Å². The molecular weight excluding hydrogens is 266 g/mol. The molecule has 1 amide bonds. The molecule has 0 saturated heterocycles. The summed E-state index contributed by atoms with van der Waals surface area (Å²) in [5.41, 5.74) is 0.687. The minimum atomic E-state index is -0.147. The first-order chi connectivity index (χ1) is 10.3. The number of rotatable bonds is 5. The van der Waals surface area contributed by atoms with Crippen molar-refractivity contribution in [1.29, 1.82) is 0 Å². The van der Waals surface area contributed by atoms with Gasteiger partial charge in [0.05, 0.1) is 11.9 Å². The fraction of sp³-hybridized carbons (Fsp3) is 0.533. The second-order valence-corrected chi connectivity index (χ2v) is 5.11. The molecule has 0 aliphatic heterocycles. The lowest BCUT2D eigenvalue weighted by Crippen LogP contribution is -2.42. The van der Waals surface area contributed by atoms with E-state index in [9.17, 15) is 4.79 Å². The summed E-state index contributed by atoms with van der Waals surface area (Å²) in [7, 11) is 0.